The maximum atomic E-state index is 12.5. The second kappa shape index (κ2) is 7.56. The minimum atomic E-state index is -0.0768. The lowest BCUT2D eigenvalue weighted by Gasteiger charge is -2.21. The van der Waals surface area contributed by atoms with Gasteiger partial charge in [-0.3, -0.25) is 4.79 Å². The van der Waals surface area contributed by atoms with E-state index < -0.39 is 0 Å². The first-order chi connectivity index (χ1) is 10.6. The number of nitriles is 1. The third-order valence-corrected chi connectivity index (χ3v) is 4.00. The highest BCUT2D eigenvalue weighted by Crippen LogP contribution is 2.19. The average Bonchev–Trinajstić information content (AvgIpc) is 2.92. The Morgan fingerprint density at radius 2 is 2.14 bits per heavy atom. The monoisotopic (exact) mass is 316 g/mol. The Morgan fingerprint density at radius 3 is 2.73 bits per heavy atom. The maximum Gasteiger partial charge on any atom is 0.237 e. The van der Waals surface area contributed by atoms with Crippen LogP contribution in [0.4, 0.5) is 5.69 Å². The molecule has 2 rings (SSSR count). The number of hydrogen-bond donors (Lipinski definition) is 0. The zero-order chi connectivity index (χ0) is 15.9. The minimum Gasteiger partial charge on any atom is -0.311 e. The van der Waals surface area contributed by atoms with Gasteiger partial charge in [0.1, 0.15) is 0 Å². The van der Waals surface area contributed by atoms with E-state index in [0.717, 1.165) is 11.3 Å². The van der Waals surface area contributed by atoms with Crippen LogP contribution in [-0.2, 0) is 11.8 Å². The van der Waals surface area contributed by atoms with E-state index in [1.807, 2.05) is 31.2 Å². The molecule has 0 saturated carbocycles. The number of amides is 1. The molecule has 0 spiro atoms. The van der Waals surface area contributed by atoms with E-state index in [1.165, 1.54) is 16.4 Å². The summed E-state index contributed by atoms with van der Waals surface area (Å²) in [5, 5.41) is 20.5. The molecular formula is C14H16N6OS. The first kappa shape index (κ1) is 16.0. The molecule has 0 aliphatic carbocycles. The van der Waals surface area contributed by atoms with Gasteiger partial charge in [-0.1, -0.05) is 29.5 Å². The molecule has 22 heavy (non-hydrogen) atoms. The fourth-order valence-electron chi connectivity index (χ4n) is 1.83. The number of thioether (sulfide) groups is 1. The molecule has 8 heteroatoms. The van der Waals surface area contributed by atoms with Crippen molar-refractivity contribution in [3.05, 3.63) is 29.8 Å². The number of nitrogens with zero attached hydrogens (tertiary/aromatic N) is 6. The van der Waals surface area contributed by atoms with Crippen LogP contribution in [0.1, 0.15) is 12.0 Å². The molecule has 0 saturated heterocycles. The quantitative estimate of drug-likeness (QED) is 0.752. The van der Waals surface area contributed by atoms with E-state index in [2.05, 4.69) is 21.6 Å². The molecule has 1 aromatic heterocycles. The Morgan fingerprint density at radius 1 is 1.41 bits per heavy atom. The highest BCUT2D eigenvalue weighted by Gasteiger charge is 2.17. The third-order valence-electron chi connectivity index (χ3n) is 3.00. The average molecular weight is 316 g/mol. The molecule has 0 bridgehead atoms. The summed E-state index contributed by atoms with van der Waals surface area (Å²) in [5.74, 6) is 0.139. The Bertz CT molecular complexity index is 675. The molecule has 114 valence electrons. The fraction of sp³-hybridized carbons (Fsp3) is 0.357. The van der Waals surface area contributed by atoms with Crippen molar-refractivity contribution in [2.45, 2.75) is 18.5 Å². The van der Waals surface area contributed by atoms with Crippen molar-refractivity contribution in [1.82, 2.24) is 20.2 Å². The predicted molar refractivity (Wildman–Crippen MR) is 83.3 cm³/mol. The number of hydrogen-bond acceptors (Lipinski definition) is 6. The molecule has 0 unspecified atom stereocenters. The van der Waals surface area contributed by atoms with Crippen LogP contribution in [0.3, 0.4) is 0 Å². The summed E-state index contributed by atoms with van der Waals surface area (Å²) < 4.78 is 1.52. The van der Waals surface area contributed by atoms with E-state index in [4.69, 9.17) is 5.26 Å². The van der Waals surface area contributed by atoms with Crippen molar-refractivity contribution in [3.63, 3.8) is 0 Å². The van der Waals surface area contributed by atoms with Crippen LogP contribution in [0.2, 0.25) is 0 Å². The molecule has 0 N–H and O–H groups in total. The lowest BCUT2D eigenvalue weighted by molar-refractivity contribution is -0.116. The molecule has 1 amide bonds. The largest absolute Gasteiger partial charge is 0.311 e. The Labute approximate surface area is 132 Å². The van der Waals surface area contributed by atoms with Crippen LogP contribution in [0.25, 0.3) is 0 Å². The minimum absolute atomic E-state index is 0.0768. The smallest absolute Gasteiger partial charge is 0.237 e. The Balaban J connectivity index is 2.07. The normalized spacial score (nSPS) is 10.2. The Kier molecular flexibility index (Phi) is 5.49. The van der Waals surface area contributed by atoms with Gasteiger partial charge in [-0.05, 0) is 29.5 Å². The van der Waals surface area contributed by atoms with E-state index in [-0.39, 0.29) is 18.1 Å². The van der Waals surface area contributed by atoms with E-state index in [0.29, 0.717) is 11.7 Å². The summed E-state index contributed by atoms with van der Waals surface area (Å²) in [6.45, 7) is 2.36. The lowest BCUT2D eigenvalue weighted by Crippen LogP contribution is -2.33. The molecule has 1 aromatic carbocycles. The molecular weight excluding hydrogens is 300 g/mol. The van der Waals surface area contributed by atoms with Gasteiger partial charge < -0.3 is 4.90 Å². The lowest BCUT2D eigenvalue weighted by atomic mass is 10.2. The number of aromatic nitrogens is 4. The molecule has 0 aliphatic heterocycles. The summed E-state index contributed by atoms with van der Waals surface area (Å²) in [5.41, 5.74) is 1.92. The highest BCUT2D eigenvalue weighted by atomic mass is 32.2. The molecule has 1 heterocycles. The second-order valence-corrected chi connectivity index (χ2v) is 5.61. The van der Waals surface area contributed by atoms with Crippen molar-refractivity contribution in [1.29, 1.82) is 5.26 Å². The Hall–Kier alpha value is -2.40. The van der Waals surface area contributed by atoms with Crippen LogP contribution in [0.15, 0.2) is 29.4 Å². The van der Waals surface area contributed by atoms with Crippen LogP contribution >= 0.6 is 11.8 Å². The molecule has 0 radical (unpaired) electrons. The van der Waals surface area contributed by atoms with Crippen LogP contribution < -0.4 is 4.90 Å². The number of benzene rings is 1. The van der Waals surface area contributed by atoms with E-state index in [9.17, 15) is 4.79 Å². The number of rotatable bonds is 6. The van der Waals surface area contributed by atoms with Gasteiger partial charge in [0.05, 0.1) is 18.2 Å². The third kappa shape index (κ3) is 4.05. The first-order valence-corrected chi connectivity index (χ1v) is 7.69. The summed E-state index contributed by atoms with van der Waals surface area (Å²) in [4.78, 5) is 14.1. The van der Waals surface area contributed by atoms with Crippen molar-refractivity contribution in [3.8, 4) is 6.07 Å². The zero-order valence-corrected chi connectivity index (χ0v) is 13.2. The number of tetrazole rings is 1. The van der Waals surface area contributed by atoms with Crippen molar-refractivity contribution in [2.24, 2.45) is 7.05 Å². The van der Waals surface area contributed by atoms with Crippen LogP contribution in [0, 0.1) is 18.3 Å². The van der Waals surface area contributed by atoms with Gasteiger partial charge in [-0.25, -0.2) is 4.68 Å². The predicted octanol–water partition coefficient (Wildman–Crippen LogP) is 1.56. The molecule has 7 nitrogen and oxygen atoms in total. The van der Waals surface area contributed by atoms with Gasteiger partial charge in [0, 0.05) is 19.3 Å². The summed E-state index contributed by atoms with van der Waals surface area (Å²) in [6.07, 6.45) is 0.287. The van der Waals surface area contributed by atoms with Gasteiger partial charge in [-0.2, -0.15) is 5.26 Å². The molecule has 2 aromatic rings. The van der Waals surface area contributed by atoms with Gasteiger partial charge in [-0.15, -0.1) is 5.10 Å². The molecule has 0 fully saturated rings. The van der Waals surface area contributed by atoms with Crippen molar-refractivity contribution < 1.29 is 4.79 Å². The maximum absolute atomic E-state index is 12.5. The van der Waals surface area contributed by atoms with E-state index >= 15 is 0 Å². The number of anilines is 1. The number of carbonyl (C=O) groups excluding carboxylic acids is 1. The molecule has 0 atom stereocenters. The van der Waals surface area contributed by atoms with Crippen molar-refractivity contribution >= 4 is 23.4 Å². The second-order valence-electron chi connectivity index (χ2n) is 4.66. The van der Waals surface area contributed by atoms with Gasteiger partial charge in [0.2, 0.25) is 11.1 Å². The number of carbonyl (C=O) groups is 1. The SMILES string of the molecule is Cc1ccc(N(CCC#N)C(=O)CSc2nnnn2C)cc1. The standard InChI is InChI=1S/C14H16N6OS/c1-11-4-6-12(7-5-11)20(9-3-8-15)13(21)10-22-14-16-17-18-19(14)2/h4-7H,3,9-10H2,1-2H3. The fourth-order valence-corrected chi connectivity index (χ4v) is 2.56. The zero-order valence-electron chi connectivity index (χ0n) is 12.4. The van der Waals surface area contributed by atoms with E-state index in [1.54, 1.807) is 11.9 Å². The topological polar surface area (TPSA) is 87.7 Å². The summed E-state index contributed by atoms with van der Waals surface area (Å²) in [7, 11) is 1.72. The van der Waals surface area contributed by atoms with Crippen LogP contribution in [0.5, 0.6) is 0 Å². The summed E-state index contributed by atoms with van der Waals surface area (Å²) >= 11 is 1.27. The van der Waals surface area contributed by atoms with Gasteiger partial charge in [0.25, 0.3) is 0 Å². The first-order valence-electron chi connectivity index (χ1n) is 6.71. The van der Waals surface area contributed by atoms with Crippen LogP contribution in [-0.4, -0.2) is 38.4 Å². The molecule has 0 aliphatic rings. The van der Waals surface area contributed by atoms with Crippen molar-refractivity contribution in [2.75, 3.05) is 17.2 Å². The summed E-state index contributed by atoms with van der Waals surface area (Å²) in [6, 6.07) is 9.74. The highest BCUT2D eigenvalue weighted by molar-refractivity contribution is 7.99. The number of aryl methyl sites for hydroxylation is 2. The van der Waals surface area contributed by atoms with Gasteiger partial charge >= 0.3 is 0 Å². The van der Waals surface area contributed by atoms with Gasteiger partial charge in [0.15, 0.2) is 0 Å².